The molecule has 2 N–H and O–H groups in total. The van der Waals surface area contributed by atoms with E-state index in [1.54, 1.807) is 31.4 Å². The van der Waals surface area contributed by atoms with Crippen LogP contribution in [0.1, 0.15) is 11.3 Å². The number of nitrogens with one attached hydrogen (secondary N) is 2. The normalized spacial score (nSPS) is 14.9. The van der Waals surface area contributed by atoms with E-state index in [9.17, 15) is 14.9 Å². The fourth-order valence-corrected chi connectivity index (χ4v) is 2.18. The topological polar surface area (TPSA) is 97.3 Å². The summed E-state index contributed by atoms with van der Waals surface area (Å²) >= 11 is 0. The van der Waals surface area contributed by atoms with E-state index in [1.807, 2.05) is 0 Å². The minimum Gasteiger partial charge on any atom is -0.497 e. The van der Waals surface area contributed by atoms with Crippen molar-refractivity contribution < 1.29 is 14.5 Å². The predicted octanol–water partition coefficient (Wildman–Crippen LogP) is 2.42. The van der Waals surface area contributed by atoms with Gasteiger partial charge in [-0.3, -0.25) is 14.9 Å². The molecule has 1 aromatic carbocycles. The van der Waals surface area contributed by atoms with E-state index in [4.69, 9.17) is 4.74 Å². The minimum atomic E-state index is -0.496. The molecular formula is C14H11N3O4. The largest absolute Gasteiger partial charge is 0.497 e. The van der Waals surface area contributed by atoms with E-state index in [-0.39, 0.29) is 11.6 Å². The molecule has 0 radical (unpaired) electrons. The summed E-state index contributed by atoms with van der Waals surface area (Å²) in [5.41, 5.74) is 2.26. The number of H-pyrrole nitrogens is 1. The summed E-state index contributed by atoms with van der Waals surface area (Å²) < 4.78 is 5.15. The fraction of sp³-hybridized carbons (Fsp3) is 0.0714. The average Bonchev–Trinajstić information content (AvgIpc) is 3.05. The Morgan fingerprint density at radius 3 is 2.81 bits per heavy atom. The molecule has 0 atom stereocenters. The molecule has 0 bridgehead atoms. The summed E-state index contributed by atoms with van der Waals surface area (Å²) in [6.45, 7) is 0. The SMILES string of the molecule is COc1ccc2c(c1)C(=Cc1cc([N+](=O)[O-])c[nH]1)C(=O)N2. The van der Waals surface area contributed by atoms with E-state index in [2.05, 4.69) is 10.3 Å². The van der Waals surface area contributed by atoms with Crippen molar-refractivity contribution in [2.45, 2.75) is 0 Å². The van der Waals surface area contributed by atoms with Crippen molar-refractivity contribution in [2.24, 2.45) is 0 Å². The molecule has 0 aliphatic carbocycles. The molecule has 1 aliphatic rings. The Bertz CT molecular complexity index is 776. The first kappa shape index (κ1) is 12.9. The minimum absolute atomic E-state index is 0.0499. The third-order valence-corrected chi connectivity index (χ3v) is 3.21. The number of aromatic nitrogens is 1. The average molecular weight is 285 g/mol. The molecule has 0 unspecified atom stereocenters. The number of hydrogen-bond donors (Lipinski definition) is 2. The van der Waals surface area contributed by atoms with Crippen molar-refractivity contribution in [1.82, 2.24) is 4.98 Å². The lowest BCUT2D eigenvalue weighted by molar-refractivity contribution is -0.384. The first-order valence-corrected chi connectivity index (χ1v) is 6.13. The Morgan fingerprint density at radius 2 is 2.14 bits per heavy atom. The van der Waals surface area contributed by atoms with E-state index in [0.29, 0.717) is 28.3 Å². The highest BCUT2D eigenvalue weighted by Crippen LogP contribution is 2.35. The standard InChI is InChI=1S/C14H11N3O4/c1-21-10-2-3-13-11(6-10)12(14(18)16-13)5-8-4-9(7-15-8)17(19)20/h2-7,15H,1H3,(H,16,18). The number of nitrogens with zero attached hydrogens (tertiary/aromatic N) is 1. The van der Waals surface area contributed by atoms with Gasteiger partial charge in [0.05, 0.1) is 23.8 Å². The molecule has 2 heterocycles. The number of benzene rings is 1. The van der Waals surface area contributed by atoms with Crippen LogP contribution in [0.4, 0.5) is 11.4 Å². The van der Waals surface area contributed by atoms with Crippen molar-refractivity contribution in [3.8, 4) is 5.75 Å². The predicted molar refractivity (Wildman–Crippen MR) is 76.9 cm³/mol. The monoisotopic (exact) mass is 285 g/mol. The van der Waals surface area contributed by atoms with Crippen LogP contribution in [-0.2, 0) is 4.79 Å². The zero-order valence-electron chi connectivity index (χ0n) is 11.0. The van der Waals surface area contributed by atoms with Gasteiger partial charge in [0.1, 0.15) is 5.75 Å². The molecule has 1 aliphatic heterocycles. The summed E-state index contributed by atoms with van der Waals surface area (Å²) in [4.78, 5) is 24.9. The number of aromatic amines is 1. The van der Waals surface area contributed by atoms with Crippen LogP contribution in [0.5, 0.6) is 5.75 Å². The van der Waals surface area contributed by atoms with E-state index in [1.165, 1.54) is 12.3 Å². The molecule has 2 aromatic rings. The summed E-state index contributed by atoms with van der Waals surface area (Å²) in [6.07, 6.45) is 2.86. The van der Waals surface area contributed by atoms with Crippen LogP contribution < -0.4 is 10.1 Å². The number of hydrogen-bond acceptors (Lipinski definition) is 4. The molecule has 7 heteroatoms. The van der Waals surface area contributed by atoms with Gasteiger partial charge in [-0.2, -0.15) is 0 Å². The molecule has 21 heavy (non-hydrogen) atoms. The number of carbonyl (C=O) groups is 1. The van der Waals surface area contributed by atoms with Gasteiger partial charge in [0.25, 0.3) is 11.6 Å². The van der Waals surface area contributed by atoms with Gasteiger partial charge in [-0.25, -0.2) is 0 Å². The third kappa shape index (κ3) is 2.25. The number of anilines is 1. The lowest BCUT2D eigenvalue weighted by Crippen LogP contribution is -2.03. The van der Waals surface area contributed by atoms with Gasteiger partial charge in [0.15, 0.2) is 0 Å². The molecule has 106 valence electrons. The van der Waals surface area contributed by atoms with Gasteiger partial charge in [-0.15, -0.1) is 0 Å². The zero-order valence-corrected chi connectivity index (χ0v) is 11.0. The highest BCUT2D eigenvalue weighted by molar-refractivity contribution is 6.34. The fourth-order valence-electron chi connectivity index (χ4n) is 2.18. The number of amides is 1. The van der Waals surface area contributed by atoms with Crippen molar-refractivity contribution in [3.05, 3.63) is 51.8 Å². The molecule has 0 spiro atoms. The van der Waals surface area contributed by atoms with Gasteiger partial charge in [-0.1, -0.05) is 0 Å². The first-order valence-electron chi connectivity index (χ1n) is 6.13. The van der Waals surface area contributed by atoms with Crippen LogP contribution in [0, 0.1) is 10.1 Å². The number of carbonyl (C=O) groups excluding carboxylic acids is 1. The lowest BCUT2D eigenvalue weighted by Gasteiger charge is -2.02. The number of methoxy groups -OCH3 is 1. The molecule has 0 fully saturated rings. The van der Waals surface area contributed by atoms with Crippen LogP contribution >= 0.6 is 0 Å². The quantitative estimate of drug-likeness (QED) is 0.514. The van der Waals surface area contributed by atoms with Crippen LogP contribution in [0.2, 0.25) is 0 Å². The molecule has 0 saturated carbocycles. The molecule has 3 rings (SSSR count). The molecular weight excluding hydrogens is 274 g/mol. The van der Waals surface area contributed by atoms with Crippen LogP contribution in [-0.4, -0.2) is 22.9 Å². The van der Waals surface area contributed by atoms with Gasteiger partial charge in [-0.05, 0) is 24.3 Å². The number of rotatable bonds is 3. The van der Waals surface area contributed by atoms with Crippen LogP contribution in [0.25, 0.3) is 11.6 Å². The van der Waals surface area contributed by atoms with Crippen molar-refractivity contribution >= 4 is 28.9 Å². The van der Waals surface area contributed by atoms with Gasteiger partial charge < -0.3 is 15.0 Å². The molecule has 0 saturated heterocycles. The number of ether oxygens (including phenoxy) is 1. The van der Waals surface area contributed by atoms with Crippen molar-refractivity contribution in [3.63, 3.8) is 0 Å². The van der Waals surface area contributed by atoms with E-state index in [0.717, 1.165) is 0 Å². The number of fused-ring (bicyclic) bond motifs is 1. The second kappa shape index (κ2) is 4.78. The Balaban J connectivity index is 2.04. The zero-order chi connectivity index (χ0) is 15.0. The molecule has 7 nitrogen and oxygen atoms in total. The summed E-state index contributed by atoms with van der Waals surface area (Å²) in [5, 5.41) is 13.4. The van der Waals surface area contributed by atoms with Gasteiger partial charge in [0, 0.05) is 23.0 Å². The van der Waals surface area contributed by atoms with Crippen LogP contribution in [0.3, 0.4) is 0 Å². The van der Waals surface area contributed by atoms with Crippen molar-refractivity contribution in [2.75, 3.05) is 12.4 Å². The summed E-state index contributed by atoms with van der Waals surface area (Å²) in [5.74, 6) is 0.379. The Kier molecular flexibility index (Phi) is 2.94. The Morgan fingerprint density at radius 1 is 1.33 bits per heavy atom. The summed E-state index contributed by atoms with van der Waals surface area (Å²) in [6, 6.07) is 6.63. The van der Waals surface area contributed by atoms with Crippen molar-refractivity contribution in [1.29, 1.82) is 0 Å². The maximum Gasteiger partial charge on any atom is 0.287 e. The maximum atomic E-state index is 12.0. The maximum absolute atomic E-state index is 12.0. The van der Waals surface area contributed by atoms with Gasteiger partial charge >= 0.3 is 0 Å². The van der Waals surface area contributed by atoms with Gasteiger partial charge in [0.2, 0.25) is 0 Å². The smallest absolute Gasteiger partial charge is 0.287 e. The second-order valence-corrected chi connectivity index (χ2v) is 4.49. The lowest BCUT2D eigenvalue weighted by atomic mass is 10.1. The molecule has 1 aromatic heterocycles. The van der Waals surface area contributed by atoms with Crippen LogP contribution in [0.15, 0.2) is 30.5 Å². The third-order valence-electron chi connectivity index (χ3n) is 3.21. The summed E-state index contributed by atoms with van der Waals surface area (Å²) in [7, 11) is 1.55. The highest BCUT2D eigenvalue weighted by atomic mass is 16.6. The first-order chi connectivity index (χ1) is 10.1. The second-order valence-electron chi connectivity index (χ2n) is 4.49. The Hall–Kier alpha value is -3.09. The van der Waals surface area contributed by atoms with E-state index < -0.39 is 4.92 Å². The van der Waals surface area contributed by atoms with E-state index >= 15 is 0 Å². The highest BCUT2D eigenvalue weighted by Gasteiger charge is 2.25. The molecule has 1 amide bonds. The Labute approximate surface area is 119 Å². The number of nitro groups is 1.